The molecular formula is C23H29N2+. The largest absolute Gasteiger partial charge is 0.367 e. The van der Waals surface area contributed by atoms with E-state index in [1.54, 1.807) is 0 Å². The molecule has 130 valence electrons. The van der Waals surface area contributed by atoms with Gasteiger partial charge in [0.2, 0.25) is 11.2 Å². The van der Waals surface area contributed by atoms with E-state index in [-0.39, 0.29) is 0 Å². The molecule has 0 saturated heterocycles. The number of para-hydroxylation sites is 1. The van der Waals surface area contributed by atoms with Crippen LogP contribution in [0.3, 0.4) is 0 Å². The van der Waals surface area contributed by atoms with E-state index < -0.39 is 0 Å². The smallest absolute Gasteiger partial charge is 0.213 e. The summed E-state index contributed by atoms with van der Waals surface area (Å²) in [5, 5.41) is 1.27. The number of hydrogen-bond donors (Lipinski definition) is 0. The second-order valence-electron chi connectivity index (χ2n) is 7.43. The molecule has 0 unspecified atom stereocenters. The molecule has 0 aliphatic rings. The lowest BCUT2D eigenvalue weighted by Crippen LogP contribution is -2.37. The molecule has 0 saturated carbocycles. The molecule has 0 aliphatic heterocycles. The van der Waals surface area contributed by atoms with Crippen LogP contribution in [0.5, 0.6) is 0 Å². The Morgan fingerprint density at radius 3 is 2.20 bits per heavy atom. The van der Waals surface area contributed by atoms with Gasteiger partial charge in [0.05, 0.1) is 5.56 Å². The van der Waals surface area contributed by atoms with Crippen molar-refractivity contribution in [3.05, 3.63) is 60.2 Å². The summed E-state index contributed by atoms with van der Waals surface area (Å²) in [6, 6.07) is 20.8. The molecule has 3 aromatic rings. The highest BCUT2D eigenvalue weighted by molar-refractivity contribution is 5.78. The quantitative estimate of drug-likeness (QED) is 0.591. The maximum Gasteiger partial charge on any atom is 0.213 e. The molecule has 0 spiro atoms. The second kappa shape index (κ2) is 6.87. The van der Waals surface area contributed by atoms with Crippen molar-refractivity contribution < 1.29 is 4.57 Å². The monoisotopic (exact) mass is 333 g/mol. The van der Waals surface area contributed by atoms with Crippen LogP contribution in [-0.2, 0) is 7.05 Å². The van der Waals surface area contributed by atoms with Gasteiger partial charge in [-0.05, 0) is 64.4 Å². The Bertz CT molecular complexity index is 886. The Morgan fingerprint density at radius 1 is 0.840 bits per heavy atom. The number of rotatable bonds is 4. The van der Waals surface area contributed by atoms with Crippen molar-refractivity contribution in [3.63, 3.8) is 0 Å². The van der Waals surface area contributed by atoms with Gasteiger partial charge in [-0.1, -0.05) is 18.2 Å². The van der Waals surface area contributed by atoms with E-state index in [4.69, 9.17) is 0 Å². The first-order valence-electron chi connectivity index (χ1n) is 9.17. The molecule has 0 radical (unpaired) electrons. The van der Waals surface area contributed by atoms with Gasteiger partial charge in [0.25, 0.3) is 0 Å². The number of benzene rings is 2. The Kier molecular flexibility index (Phi) is 4.80. The predicted molar refractivity (Wildman–Crippen MR) is 108 cm³/mol. The van der Waals surface area contributed by atoms with Crippen molar-refractivity contribution in [2.75, 3.05) is 4.90 Å². The maximum absolute atomic E-state index is 2.48. The Balaban J connectivity index is 2.18. The van der Waals surface area contributed by atoms with Gasteiger partial charge in [0.1, 0.15) is 7.05 Å². The standard InChI is InChI=1S/C23H29N2/c1-16(2)25(17(3)4)20-13-11-18(5)21(15-20)23-14-12-19-9-7-8-10-22(19)24(23)6/h7-17H,1-6H3/q+1. The molecule has 3 rings (SSSR count). The number of nitrogens with zero attached hydrogens (tertiary/aromatic N) is 2. The maximum atomic E-state index is 2.48. The summed E-state index contributed by atoms with van der Waals surface area (Å²) in [5.41, 5.74) is 6.41. The minimum absolute atomic E-state index is 0.473. The highest BCUT2D eigenvalue weighted by atomic mass is 15.2. The molecule has 2 aromatic carbocycles. The zero-order valence-electron chi connectivity index (χ0n) is 16.2. The number of anilines is 1. The lowest BCUT2D eigenvalue weighted by Gasteiger charge is -2.33. The zero-order chi connectivity index (χ0) is 18.1. The normalized spacial score (nSPS) is 11.5. The Morgan fingerprint density at radius 2 is 1.52 bits per heavy atom. The van der Waals surface area contributed by atoms with Crippen molar-refractivity contribution in [2.45, 2.75) is 46.7 Å². The van der Waals surface area contributed by atoms with E-state index in [9.17, 15) is 0 Å². The van der Waals surface area contributed by atoms with Gasteiger partial charge in [0.15, 0.2) is 0 Å². The first kappa shape index (κ1) is 17.5. The Hall–Kier alpha value is -2.35. The highest BCUT2D eigenvalue weighted by Crippen LogP contribution is 2.29. The van der Waals surface area contributed by atoms with Crippen molar-refractivity contribution in [2.24, 2.45) is 7.05 Å². The molecule has 25 heavy (non-hydrogen) atoms. The highest BCUT2D eigenvalue weighted by Gasteiger charge is 2.19. The SMILES string of the molecule is Cc1ccc(N(C(C)C)C(C)C)cc1-c1ccc2ccccc2[n+]1C. The van der Waals surface area contributed by atoms with Crippen molar-refractivity contribution in [1.82, 2.24) is 0 Å². The van der Waals surface area contributed by atoms with Crippen LogP contribution in [0.4, 0.5) is 5.69 Å². The van der Waals surface area contributed by atoms with Gasteiger partial charge in [0, 0.05) is 35.3 Å². The van der Waals surface area contributed by atoms with Gasteiger partial charge in [-0.2, -0.15) is 4.57 Å². The third-order valence-corrected chi connectivity index (χ3v) is 4.99. The molecular weight excluding hydrogens is 304 g/mol. The minimum Gasteiger partial charge on any atom is -0.367 e. The number of pyridine rings is 1. The van der Waals surface area contributed by atoms with Gasteiger partial charge in [-0.3, -0.25) is 0 Å². The Labute approximate surface area is 151 Å². The van der Waals surface area contributed by atoms with Crippen LogP contribution >= 0.6 is 0 Å². The molecule has 0 fully saturated rings. The number of aryl methyl sites for hydroxylation is 2. The van der Waals surface area contributed by atoms with Crippen molar-refractivity contribution >= 4 is 16.6 Å². The molecule has 0 bridgehead atoms. The van der Waals surface area contributed by atoms with Gasteiger partial charge < -0.3 is 4.90 Å². The summed E-state index contributed by atoms with van der Waals surface area (Å²) in [5.74, 6) is 0. The van der Waals surface area contributed by atoms with Crippen LogP contribution in [-0.4, -0.2) is 12.1 Å². The molecule has 2 nitrogen and oxygen atoms in total. The minimum atomic E-state index is 0.473. The fourth-order valence-corrected chi connectivity index (χ4v) is 3.85. The molecule has 0 N–H and O–H groups in total. The molecule has 1 aromatic heterocycles. The van der Waals surface area contributed by atoms with E-state index in [1.807, 2.05) is 0 Å². The molecule has 0 amide bonds. The molecule has 2 heteroatoms. The van der Waals surface area contributed by atoms with E-state index in [2.05, 4.69) is 106 Å². The molecule has 0 atom stereocenters. The summed E-state index contributed by atoms with van der Waals surface area (Å²) >= 11 is 0. The van der Waals surface area contributed by atoms with E-state index in [0.717, 1.165) is 0 Å². The van der Waals surface area contributed by atoms with Crippen LogP contribution in [0.2, 0.25) is 0 Å². The fraction of sp³-hybridized carbons (Fsp3) is 0.348. The molecule has 1 heterocycles. The van der Waals surface area contributed by atoms with Gasteiger partial charge >= 0.3 is 0 Å². The number of hydrogen-bond acceptors (Lipinski definition) is 1. The lowest BCUT2D eigenvalue weighted by atomic mass is 10.0. The average molecular weight is 333 g/mol. The van der Waals surface area contributed by atoms with E-state index in [0.29, 0.717) is 12.1 Å². The summed E-state index contributed by atoms with van der Waals surface area (Å²) in [6.07, 6.45) is 0. The first-order chi connectivity index (χ1) is 11.9. The second-order valence-corrected chi connectivity index (χ2v) is 7.43. The van der Waals surface area contributed by atoms with Crippen molar-refractivity contribution in [3.8, 4) is 11.3 Å². The summed E-state index contributed by atoms with van der Waals surface area (Å²) in [6.45, 7) is 11.2. The van der Waals surface area contributed by atoms with Crippen LogP contribution in [0, 0.1) is 6.92 Å². The molecule has 0 aliphatic carbocycles. The fourth-order valence-electron chi connectivity index (χ4n) is 3.85. The third-order valence-electron chi connectivity index (χ3n) is 4.99. The van der Waals surface area contributed by atoms with Gasteiger partial charge in [-0.15, -0.1) is 0 Å². The summed E-state index contributed by atoms with van der Waals surface area (Å²) in [4.78, 5) is 2.48. The number of fused-ring (bicyclic) bond motifs is 1. The summed E-state index contributed by atoms with van der Waals surface area (Å²) in [7, 11) is 2.16. The summed E-state index contributed by atoms with van der Waals surface area (Å²) < 4.78 is 2.30. The van der Waals surface area contributed by atoms with Crippen molar-refractivity contribution in [1.29, 1.82) is 0 Å². The topological polar surface area (TPSA) is 7.12 Å². The average Bonchev–Trinajstić information content (AvgIpc) is 2.57. The lowest BCUT2D eigenvalue weighted by molar-refractivity contribution is -0.633. The van der Waals surface area contributed by atoms with E-state index >= 15 is 0 Å². The van der Waals surface area contributed by atoms with Gasteiger partial charge in [-0.25, -0.2) is 0 Å². The van der Waals surface area contributed by atoms with Crippen LogP contribution in [0.25, 0.3) is 22.2 Å². The number of aromatic nitrogens is 1. The van der Waals surface area contributed by atoms with E-state index in [1.165, 1.54) is 33.4 Å². The zero-order valence-corrected chi connectivity index (χ0v) is 16.2. The first-order valence-corrected chi connectivity index (χ1v) is 9.17. The van der Waals surface area contributed by atoms with Crippen LogP contribution in [0.1, 0.15) is 33.3 Å². The predicted octanol–water partition coefficient (Wildman–Crippen LogP) is 5.26. The van der Waals surface area contributed by atoms with Crippen LogP contribution < -0.4 is 9.47 Å². The third kappa shape index (κ3) is 3.26. The van der Waals surface area contributed by atoms with Crippen LogP contribution in [0.15, 0.2) is 54.6 Å².